The second-order valence-corrected chi connectivity index (χ2v) is 4.64. The van der Waals surface area contributed by atoms with E-state index in [0.717, 1.165) is 16.6 Å². The summed E-state index contributed by atoms with van der Waals surface area (Å²) in [5, 5.41) is 7.22. The first-order valence-corrected chi connectivity index (χ1v) is 5.67. The molecule has 0 aliphatic heterocycles. The van der Waals surface area contributed by atoms with Gasteiger partial charge in [-0.2, -0.15) is 0 Å². The number of hydrogen-bond acceptors (Lipinski definition) is 2. The Balaban J connectivity index is 0.00000169. The molecule has 0 aromatic heterocycles. The first-order chi connectivity index (χ1) is 6.18. The number of hydrogen-bond donors (Lipinski definition) is 2. The van der Waals surface area contributed by atoms with Crippen LogP contribution in [0.2, 0.25) is 0 Å². The second-order valence-electron chi connectivity index (χ2n) is 2.59. The number of nitrogens with two attached hydrogens (primary N) is 1. The van der Waals surface area contributed by atoms with Gasteiger partial charge in [-0.1, -0.05) is 39.8 Å². The molecule has 0 unspecified atom stereocenters. The number of nitrogens with one attached hydrogen (secondary N) is 1. The molecular formula is C9H12Br2N2S. The van der Waals surface area contributed by atoms with Gasteiger partial charge in [0.15, 0.2) is 5.17 Å². The lowest BCUT2D eigenvalue weighted by Gasteiger charge is -2.00. The van der Waals surface area contributed by atoms with Crippen molar-refractivity contribution in [1.82, 2.24) is 0 Å². The fraction of sp³-hybridized carbons (Fsp3) is 0.222. The lowest BCUT2D eigenvalue weighted by Crippen LogP contribution is -2.05. The van der Waals surface area contributed by atoms with Gasteiger partial charge in [0.1, 0.15) is 0 Å². The van der Waals surface area contributed by atoms with Crippen molar-refractivity contribution >= 4 is 49.8 Å². The van der Waals surface area contributed by atoms with Crippen LogP contribution in [0.3, 0.4) is 0 Å². The Bertz CT molecular complexity index is 287. The van der Waals surface area contributed by atoms with E-state index >= 15 is 0 Å². The molecule has 5 heteroatoms. The van der Waals surface area contributed by atoms with Crippen LogP contribution in [-0.2, 0) is 6.42 Å². The molecule has 0 aliphatic carbocycles. The maximum absolute atomic E-state index is 7.03. The maximum Gasteiger partial charge on any atom is 0.151 e. The largest absolute Gasteiger partial charge is 0.379 e. The fourth-order valence-corrected chi connectivity index (χ4v) is 1.75. The Labute approximate surface area is 107 Å². The highest BCUT2D eigenvalue weighted by molar-refractivity contribution is 9.10. The summed E-state index contributed by atoms with van der Waals surface area (Å²) in [7, 11) is 0. The number of thioether (sulfide) groups is 1. The summed E-state index contributed by atoms with van der Waals surface area (Å²) in [5.74, 6) is 0.872. The van der Waals surface area contributed by atoms with E-state index in [0.29, 0.717) is 0 Å². The van der Waals surface area contributed by atoms with Crippen molar-refractivity contribution in [1.29, 1.82) is 5.41 Å². The molecule has 0 radical (unpaired) electrons. The lowest BCUT2D eigenvalue weighted by atomic mass is 10.2. The monoisotopic (exact) mass is 338 g/mol. The van der Waals surface area contributed by atoms with Crippen LogP contribution in [0.5, 0.6) is 0 Å². The Morgan fingerprint density at radius 2 is 1.93 bits per heavy atom. The number of rotatable bonds is 3. The van der Waals surface area contributed by atoms with E-state index in [2.05, 4.69) is 28.1 Å². The topological polar surface area (TPSA) is 49.9 Å². The average molecular weight is 340 g/mol. The predicted molar refractivity (Wildman–Crippen MR) is 72.5 cm³/mol. The summed E-state index contributed by atoms with van der Waals surface area (Å²) < 4.78 is 1.09. The van der Waals surface area contributed by atoms with Gasteiger partial charge in [-0.05, 0) is 24.1 Å². The molecule has 78 valence electrons. The Morgan fingerprint density at radius 1 is 1.36 bits per heavy atom. The van der Waals surface area contributed by atoms with E-state index in [1.165, 1.54) is 17.3 Å². The van der Waals surface area contributed by atoms with E-state index in [1.54, 1.807) is 0 Å². The molecule has 0 bridgehead atoms. The molecule has 0 heterocycles. The van der Waals surface area contributed by atoms with Crippen molar-refractivity contribution in [2.75, 3.05) is 5.75 Å². The molecular weight excluding hydrogens is 328 g/mol. The highest BCUT2D eigenvalue weighted by Gasteiger charge is 1.94. The van der Waals surface area contributed by atoms with Gasteiger partial charge in [0.2, 0.25) is 0 Å². The fourth-order valence-electron chi connectivity index (χ4n) is 0.930. The average Bonchev–Trinajstić information content (AvgIpc) is 2.08. The van der Waals surface area contributed by atoms with Crippen molar-refractivity contribution in [3.05, 3.63) is 34.3 Å². The van der Waals surface area contributed by atoms with E-state index in [-0.39, 0.29) is 22.1 Å². The van der Waals surface area contributed by atoms with Gasteiger partial charge in [-0.3, -0.25) is 5.41 Å². The zero-order chi connectivity index (χ0) is 9.68. The maximum atomic E-state index is 7.03. The van der Waals surface area contributed by atoms with Crippen LogP contribution >= 0.6 is 44.7 Å². The Hall–Kier alpha value is -0.000000000000000111. The number of benzene rings is 1. The van der Waals surface area contributed by atoms with E-state index < -0.39 is 0 Å². The van der Waals surface area contributed by atoms with Crippen molar-refractivity contribution in [3.63, 3.8) is 0 Å². The summed E-state index contributed by atoms with van der Waals surface area (Å²) in [5.41, 5.74) is 6.49. The van der Waals surface area contributed by atoms with Crippen molar-refractivity contribution in [2.24, 2.45) is 5.73 Å². The van der Waals surface area contributed by atoms with E-state index in [4.69, 9.17) is 11.1 Å². The predicted octanol–water partition coefficient (Wildman–Crippen LogP) is 3.20. The molecule has 0 amide bonds. The number of aryl methyl sites for hydroxylation is 1. The quantitative estimate of drug-likeness (QED) is 0.656. The van der Waals surface area contributed by atoms with Crippen LogP contribution in [0.4, 0.5) is 0 Å². The van der Waals surface area contributed by atoms with Gasteiger partial charge in [-0.15, -0.1) is 17.0 Å². The molecule has 2 nitrogen and oxygen atoms in total. The summed E-state index contributed by atoms with van der Waals surface area (Å²) in [6, 6.07) is 8.19. The first kappa shape index (κ1) is 14.0. The molecule has 3 N–H and O–H groups in total. The van der Waals surface area contributed by atoms with Crippen LogP contribution in [0.25, 0.3) is 0 Å². The molecule has 1 aromatic carbocycles. The summed E-state index contributed by atoms with van der Waals surface area (Å²) >= 11 is 4.76. The third kappa shape index (κ3) is 5.67. The van der Waals surface area contributed by atoms with Gasteiger partial charge < -0.3 is 5.73 Å². The van der Waals surface area contributed by atoms with Gasteiger partial charge in [0.25, 0.3) is 0 Å². The van der Waals surface area contributed by atoms with Gasteiger partial charge in [0.05, 0.1) is 0 Å². The van der Waals surface area contributed by atoms with Gasteiger partial charge >= 0.3 is 0 Å². The summed E-state index contributed by atoms with van der Waals surface area (Å²) in [6.07, 6.45) is 0.956. The molecule has 0 saturated carbocycles. The van der Waals surface area contributed by atoms with Crippen molar-refractivity contribution in [3.8, 4) is 0 Å². The second kappa shape index (κ2) is 7.31. The zero-order valence-electron chi connectivity index (χ0n) is 7.50. The van der Waals surface area contributed by atoms with Crippen LogP contribution in [0.1, 0.15) is 5.56 Å². The van der Waals surface area contributed by atoms with Gasteiger partial charge in [0, 0.05) is 10.2 Å². The SMILES string of the molecule is Br.N=C(N)SCCc1ccc(Br)cc1. The molecule has 0 spiro atoms. The van der Waals surface area contributed by atoms with Gasteiger partial charge in [-0.25, -0.2) is 0 Å². The molecule has 0 aliphatic rings. The van der Waals surface area contributed by atoms with Crippen molar-refractivity contribution in [2.45, 2.75) is 6.42 Å². The summed E-state index contributed by atoms with van der Waals surface area (Å²) in [6.45, 7) is 0. The van der Waals surface area contributed by atoms with Crippen molar-refractivity contribution < 1.29 is 0 Å². The number of halogens is 2. The lowest BCUT2D eigenvalue weighted by molar-refractivity contribution is 1.16. The smallest absolute Gasteiger partial charge is 0.151 e. The molecule has 0 atom stereocenters. The minimum atomic E-state index is 0. The summed E-state index contributed by atoms with van der Waals surface area (Å²) in [4.78, 5) is 0. The first-order valence-electron chi connectivity index (χ1n) is 3.90. The zero-order valence-corrected chi connectivity index (χ0v) is 11.6. The highest BCUT2D eigenvalue weighted by Crippen LogP contribution is 2.12. The third-order valence-corrected chi connectivity index (χ3v) is 2.81. The molecule has 14 heavy (non-hydrogen) atoms. The van der Waals surface area contributed by atoms with Crippen LogP contribution < -0.4 is 5.73 Å². The standard InChI is InChI=1S/C9H11BrN2S.BrH/c10-8-3-1-7(2-4-8)5-6-13-9(11)12;/h1-4H,5-6H2,(H3,11,12);1H. The van der Waals surface area contributed by atoms with Crippen LogP contribution in [0.15, 0.2) is 28.7 Å². The van der Waals surface area contributed by atoms with E-state index in [1.807, 2.05) is 12.1 Å². The Morgan fingerprint density at radius 3 is 2.43 bits per heavy atom. The Kier molecular flexibility index (Phi) is 7.31. The van der Waals surface area contributed by atoms with Crippen LogP contribution in [-0.4, -0.2) is 10.9 Å². The highest BCUT2D eigenvalue weighted by atomic mass is 79.9. The normalized spacial score (nSPS) is 9.21. The van der Waals surface area contributed by atoms with E-state index in [9.17, 15) is 0 Å². The molecule has 1 aromatic rings. The third-order valence-electron chi connectivity index (χ3n) is 1.56. The number of amidine groups is 1. The van der Waals surface area contributed by atoms with Crippen LogP contribution in [0, 0.1) is 5.41 Å². The molecule has 1 rings (SSSR count). The minimum absolute atomic E-state index is 0. The molecule has 0 saturated heterocycles. The minimum Gasteiger partial charge on any atom is -0.379 e. The molecule has 0 fully saturated rings.